The SMILES string of the molecule is OOO.[Mn]. The number of hydrogen-bond acceptors (Lipinski definition) is 3. The van der Waals surface area contributed by atoms with Crippen LogP contribution in [0.25, 0.3) is 0 Å². The van der Waals surface area contributed by atoms with Crippen LogP contribution in [0.5, 0.6) is 0 Å². The second-order valence-electron chi connectivity index (χ2n) is 0.0816. The van der Waals surface area contributed by atoms with Crippen LogP contribution in [0.15, 0.2) is 0 Å². The average Bonchev–Trinajstić information content (AvgIpc) is 0.918. The van der Waals surface area contributed by atoms with Crippen molar-refractivity contribution in [1.82, 2.24) is 0 Å². The molecule has 0 heterocycles. The third kappa shape index (κ3) is 29.4. The van der Waals surface area contributed by atoms with Crippen molar-refractivity contribution in [3.8, 4) is 0 Å². The Labute approximate surface area is 33.5 Å². The quantitative estimate of drug-likeness (QED) is 0.258. The predicted molar refractivity (Wildman–Crippen MR) is 6.34 cm³/mol. The Bertz CT molecular complexity index is 3.25. The second-order valence-corrected chi connectivity index (χ2v) is 0.0816. The van der Waals surface area contributed by atoms with Gasteiger partial charge in [0, 0.05) is 17.1 Å². The molecule has 0 bridgehead atoms. The molecule has 0 fully saturated rings. The van der Waals surface area contributed by atoms with Gasteiger partial charge in [0.2, 0.25) is 0 Å². The van der Waals surface area contributed by atoms with E-state index < -0.39 is 0 Å². The summed E-state index contributed by atoms with van der Waals surface area (Å²) in [6.45, 7) is 0. The zero-order chi connectivity index (χ0) is 2.71. The Morgan fingerprint density at radius 3 is 1.25 bits per heavy atom. The Morgan fingerprint density at radius 1 is 1.25 bits per heavy atom. The van der Waals surface area contributed by atoms with Gasteiger partial charge in [-0.25, -0.2) is 10.5 Å². The summed E-state index contributed by atoms with van der Waals surface area (Å²) in [5, 5.41) is 15.5. The third-order valence-electron chi connectivity index (χ3n) is 0. The van der Waals surface area contributed by atoms with Crippen LogP contribution in [-0.2, 0) is 22.1 Å². The van der Waals surface area contributed by atoms with E-state index >= 15 is 0 Å². The first-order valence-corrected chi connectivity index (χ1v) is 0.365. The molecule has 0 rings (SSSR count). The van der Waals surface area contributed by atoms with Gasteiger partial charge in [-0.05, 0) is 0 Å². The molecule has 0 aromatic carbocycles. The summed E-state index contributed by atoms with van der Waals surface area (Å²) in [7, 11) is 0. The molecular formula is H2MnO3. The number of rotatable bonds is 0. The summed E-state index contributed by atoms with van der Waals surface area (Å²) >= 11 is 0. The minimum atomic E-state index is 0. The van der Waals surface area contributed by atoms with E-state index in [4.69, 9.17) is 10.5 Å². The van der Waals surface area contributed by atoms with Crippen molar-refractivity contribution >= 4 is 0 Å². The van der Waals surface area contributed by atoms with Crippen LogP contribution >= 0.6 is 0 Å². The van der Waals surface area contributed by atoms with Crippen LogP contribution in [0.2, 0.25) is 0 Å². The first-order valence-electron chi connectivity index (χ1n) is 0.365. The first-order chi connectivity index (χ1) is 1.41. The molecule has 3 nitrogen and oxygen atoms in total. The van der Waals surface area contributed by atoms with Crippen LogP contribution in [0.4, 0.5) is 0 Å². The zero-order valence-electron chi connectivity index (χ0n) is 1.68. The van der Waals surface area contributed by atoms with Crippen molar-refractivity contribution in [3.63, 3.8) is 0 Å². The molecule has 0 saturated heterocycles. The van der Waals surface area contributed by atoms with E-state index in [1.165, 1.54) is 0 Å². The Morgan fingerprint density at radius 2 is 1.25 bits per heavy atom. The van der Waals surface area contributed by atoms with Gasteiger partial charge in [0.05, 0.1) is 0 Å². The Kier molecular flexibility index (Phi) is 22.1. The van der Waals surface area contributed by atoms with E-state index in [9.17, 15) is 0 Å². The predicted octanol–water partition coefficient (Wildman–Crippen LogP) is -0.0535. The van der Waals surface area contributed by atoms with Crippen LogP contribution in [0.1, 0.15) is 0 Å². The molecule has 4 heavy (non-hydrogen) atoms. The van der Waals surface area contributed by atoms with Gasteiger partial charge in [0.15, 0.2) is 0 Å². The van der Waals surface area contributed by atoms with Gasteiger partial charge in [-0.1, -0.05) is 5.04 Å². The molecular weight excluding hydrogens is 103 g/mol. The van der Waals surface area contributed by atoms with Crippen LogP contribution < -0.4 is 0 Å². The van der Waals surface area contributed by atoms with Gasteiger partial charge in [0.1, 0.15) is 0 Å². The van der Waals surface area contributed by atoms with E-state index in [1.54, 1.807) is 0 Å². The molecule has 2 N–H and O–H groups in total. The van der Waals surface area contributed by atoms with E-state index in [0.29, 0.717) is 0 Å². The van der Waals surface area contributed by atoms with Gasteiger partial charge in [-0.3, -0.25) is 0 Å². The maximum atomic E-state index is 6.62. The van der Waals surface area contributed by atoms with E-state index in [1.807, 2.05) is 0 Å². The molecule has 4 heteroatoms. The van der Waals surface area contributed by atoms with Gasteiger partial charge < -0.3 is 0 Å². The monoisotopic (exact) mass is 105 g/mol. The van der Waals surface area contributed by atoms with Crippen LogP contribution in [-0.4, -0.2) is 10.5 Å². The minimum Gasteiger partial charge on any atom is -0.221 e. The summed E-state index contributed by atoms with van der Waals surface area (Å²) in [5.74, 6) is 0. The zero-order valence-corrected chi connectivity index (χ0v) is 2.86. The Balaban J connectivity index is 0. The number of hydrogen-bond donors (Lipinski definition) is 2. The van der Waals surface area contributed by atoms with Gasteiger partial charge >= 0.3 is 0 Å². The molecule has 1 radical (unpaired) electrons. The van der Waals surface area contributed by atoms with Crippen molar-refractivity contribution in [2.45, 2.75) is 0 Å². The molecule has 0 aromatic rings. The summed E-state index contributed by atoms with van der Waals surface area (Å²) in [6, 6.07) is 0. The van der Waals surface area contributed by atoms with Crippen LogP contribution in [0, 0.1) is 0 Å². The Hall–Kier alpha value is 0.399. The maximum absolute atomic E-state index is 6.62. The summed E-state index contributed by atoms with van der Waals surface area (Å²) in [4.78, 5) is 0. The fourth-order valence-electron chi connectivity index (χ4n) is 0. The van der Waals surface area contributed by atoms with Crippen molar-refractivity contribution < 1.29 is 32.6 Å². The fourth-order valence-corrected chi connectivity index (χ4v) is 0. The molecule has 27 valence electrons. The van der Waals surface area contributed by atoms with Crippen molar-refractivity contribution in [3.05, 3.63) is 0 Å². The van der Waals surface area contributed by atoms with E-state index in [-0.39, 0.29) is 17.1 Å². The molecule has 0 unspecified atom stereocenters. The first kappa shape index (κ1) is 8.83. The summed E-state index contributed by atoms with van der Waals surface area (Å²) < 4.78 is 0. The molecule has 0 amide bonds. The average molecular weight is 105 g/mol. The van der Waals surface area contributed by atoms with E-state index in [2.05, 4.69) is 5.04 Å². The molecule has 0 aliphatic rings. The molecule has 0 spiro atoms. The third-order valence-corrected chi connectivity index (χ3v) is 0. The standard InChI is InChI=1S/Mn.H2O3/c;1-3-2/h;1-2H. The van der Waals surface area contributed by atoms with Gasteiger partial charge in [0.25, 0.3) is 0 Å². The van der Waals surface area contributed by atoms with Crippen LogP contribution in [0.3, 0.4) is 0 Å². The largest absolute Gasteiger partial charge is 0.221 e. The molecule has 0 atom stereocenters. The fraction of sp³-hybridized carbons (Fsp3) is 0. The normalized spacial score (nSPS) is 4.50. The summed E-state index contributed by atoms with van der Waals surface area (Å²) in [6.07, 6.45) is 0. The van der Waals surface area contributed by atoms with Crippen molar-refractivity contribution in [2.75, 3.05) is 0 Å². The van der Waals surface area contributed by atoms with Gasteiger partial charge in [-0.2, -0.15) is 0 Å². The minimum absolute atomic E-state index is 0. The van der Waals surface area contributed by atoms with Gasteiger partial charge in [-0.15, -0.1) is 0 Å². The second kappa shape index (κ2) is 9.99. The molecule has 0 aliphatic heterocycles. The topological polar surface area (TPSA) is 49.7 Å². The van der Waals surface area contributed by atoms with E-state index in [0.717, 1.165) is 0 Å². The molecule has 0 saturated carbocycles. The summed E-state index contributed by atoms with van der Waals surface area (Å²) in [5.41, 5.74) is 0. The maximum Gasteiger partial charge on any atom is 0 e. The molecule has 0 aliphatic carbocycles. The van der Waals surface area contributed by atoms with Crippen molar-refractivity contribution in [2.24, 2.45) is 0 Å². The molecule has 0 aromatic heterocycles. The smallest absolute Gasteiger partial charge is 0 e. The van der Waals surface area contributed by atoms with Crippen molar-refractivity contribution in [1.29, 1.82) is 0 Å².